The summed E-state index contributed by atoms with van der Waals surface area (Å²) in [7, 11) is 0. The zero-order valence-electron chi connectivity index (χ0n) is 7.62. The smallest absolute Gasteiger partial charge is 0.231 e. The van der Waals surface area contributed by atoms with Crippen LogP contribution < -0.4 is 9.47 Å². The van der Waals surface area contributed by atoms with Gasteiger partial charge in [-0.1, -0.05) is 11.6 Å². The molecule has 1 aliphatic heterocycles. The van der Waals surface area contributed by atoms with E-state index in [1.807, 2.05) is 12.1 Å². The number of hydrogen-bond donors (Lipinski definition) is 1. The highest BCUT2D eigenvalue weighted by molar-refractivity contribution is 6.32. The first-order valence-electron chi connectivity index (χ1n) is 4.50. The van der Waals surface area contributed by atoms with Crippen LogP contribution in [0.3, 0.4) is 0 Å². The van der Waals surface area contributed by atoms with Gasteiger partial charge in [0.1, 0.15) is 0 Å². The Labute approximate surface area is 87.2 Å². The van der Waals surface area contributed by atoms with E-state index in [2.05, 4.69) is 0 Å². The number of hydrogen-bond acceptors (Lipinski definition) is 3. The van der Waals surface area contributed by atoms with Crippen molar-refractivity contribution in [3.8, 4) is 11.5 Å². The van der Waals surface area contributed by atoms with E-state index >= 15 is 0 Å². The van der Waals surface area contributed by atoms with Crippen LogP contribution >= 0.6 is 11.6 Å². The average Bonchev–Trinajstić information content (AvgIpc) is 2.63. The molecule has 0 unspecified atom stereocenters. The van der Waals surface area contributed by atoms with Crippen LogP contribution in [0, 0.1) is 0 Å². The minimum atomic E-state index is 0.187. The number of benzene rings is 1. The van der Waals surface area contributed by atoms with Gasteiger partial charge in [0.2, 0.25) is 6.79 Å². The molecule has 14 heavy (non-hydrogen) atoms. The molecule has 0 aromatic heterocycles. The number of aliphatic hydroxyl groups excluding tert-OH is 1. The van der Waals surface area contributed by atoms with Crippen LogP contribution in [0.1, 0.15) is 12.0 Å². The lowest BCUT2D eigenvalue weighted by Crippen LogP contribution is -1.93. The van der Waals surface area contributed by atoms with Crippen LogP contribution in [0.15, 0.2) is 12.1 Å². The van der Waals surface area contributed by atoms with E-state index in [1.165, 1.54) is 0 Å². The number of ether oxygens (including phenoxy) is 2. The summed E-state index contributed by atoms with van der Waals surface area (Å²) in [6.07, 6.45) is 1.53. The molecule has 1 aromatic carbocycles. The fourth-order valence-electron chi connectivity index (χ4n) is 1.45. The molecule has 2 rings (SSSR count). The summed E-state index contributed by atoms with van der Waals surface area (Å²) >= 11 is 5.99. The normalized spacial score (nSPS) is 13.3. The minimum absolute atomic E-state index is 0.187. The van der Waals surface area contributed by atoms with Gasteiger partial charge < -0.3 is 14.6 Å². The summed E-state index contributed by atoms with van der Waals surface area (Å²) in [6, 6.07) is 3.76. The molecule has 0 fully saturated rings. The van der Waals surface area contributed by atoms with Gasteiger partial charge in [0.15, 0.2) is 11.5 Å². The van der Waals surface area contributed by atoms with Gasteiger partial charge >= 0.3 is 0 Å². The fourth-order valence-corrected chi connectivity index (χ4v) is 1.74. The Morgan fingerprint density at radius 2 is 2.21 bits per heavy atom. The zero-order valence-corrected chi connectivity index (χ0v) is 8.38. The van der Waals surface area contributed by atoms with Crippen LogP contribution in [-0.4, -0.2) is 18.5 Å². The first-order valence-corrected chi connectivity index (χ1v) is 4.88. The van der Waals surface area contributed by atoms with Crippen molar-refractivity contribution in [2.75, 3.05) is 13.4 Å². The molecule has 0 saturated heterocycles. The molecule has 4 heteroatoms. The zero-order chi connectivity index (χ0) is 9.97. The van der Waals surface area contributed by atoms with Crippen LogP contribution in [-0.2, 0) is 6.42 Å². The predicted octanol–water partition coefficient (Wildman–Crippen LogP) is 1.99. The molecule has 0 atom stereocenters. The van der Waals surface area contributed by atoms with Gasteiger partial charge in [0.05, 0.1) is 5.02 Å². The summed E-state index contributed by atoms with van der Waals surface area (Å²) in [6.45, 7) is 0.421. The summed E-state index contributed by atoms with van der Waals surface area (Å²) in [5.74, 6) is 1.32. The first kappa shape index (κ1) is 9.62. The van der Waals surface area contributed by atoms with Crippen molar-refractivity contribution in [2.45, 2.75) is 12.8 Å². The molecule has 0 amide bonds. The Bertz CT molecular complexity index is 338. The third-order valence-corrected chi connectivity index (χ3v) is 2.39. The second-order valence-corrected chi connectivity index (χ2v) is 3.55. The van der Waals surface area contributed by atoms with Gasteiger partial charge in [-0.2, -0.15) is 0 Å². The van der Waals surface area contributed by atoms with Crippen molar-refractivity contribution in [3.63, 3.8) is 0 Å². The number of aliphatic hydroxyl groups is 1. The number of rotatable bonds is 3. The maximum absolute atomic E-state index is 8.70. The molecule has 0 radical (unpaired) electrons. The van der Waals surface area contributed by atoms with E-state index in [0.29, 0.717) is 16.5 Å². The Kier molecular flexibility index (Phi) is 2.79. The van der Waals surface area contributed by atoms with Crippen molar-refractivity contribution < 1.29 is 14.6 Å². The molecule has 0 spiro atoms. The lowest BCUT2D eigenvalue weighted by Gasteiger charge is -2.03. The topological polar surface area (TPSA) is 38.7 Å². The molecule has 1 aromatic rings. The molecule has 0 bridgehead atoms. The van der Waals surface area contributed by atoms with Crippen molar-refractivity contribution in [1.29, 1.82) is 0 Å². The molecule has 3 nitrogen and oxygen atoms in total. The molecule has 1 aliphatic rings. The predicted molar refractivity (Wildman–Crippen MR) is 53.0 cm³/mol. The largest absolute Gasteiger partial charge is 0.454 e. The number of aryl methyl sites for hydroxylation is 1. The third-order valence-electron chi connectivity index (χ3n) is 2.11. The Balaban J connectivity index is 2.23. The number of fused-ring (bicyclic) bond motifs is 1. The van der Waals surface area contributed by atoms with E-state index in [1.54, 1.807) is 0 Å². The fraction of sp³-hybridized carbons (Fsp3) is 0.400. The van der Waals surface area contributed by atoms with Gasteiger partial charge in [0, 0.05) is 6.61 Å². The van der Waals surface area contributed by atoms with E-state index in [-0.39, 0.29) is 13.4 Å². The molecule has 0 saturated carbocycles. The molecular weight excluding hydrogens is 204 g/mol. The van der Waals surface area contributed by atoms with Crippen molar-refractivity contribution in [1.82, 2.24) is 0 Å². The van der Waals surface area contributed by atoms with Gasteiger partial charge in [-0.15, -0.1) is 0 Å². The summed E-state index contributed by atoms with van der Waals surface area (Å²) < 4.78 is 10.4. The first-order chi connectivity index (χ1) is 6.81. The van der Waals surface area contributed by atoms with Crippen molar-refractivity contribution in [2.24, 2.45) is 0 Å². The quantitative estimate of drug-likeness (QED) is 0.837. The van der Waals surface area contributed by atoms with Crippen LogP contribution in [0.4, 0.5) is 0 Å². The maximum Gasteiger partial charge on any atom is 0.231 e. The molecule has 76 valence electrons. The molecule has 1 N–H and O–H groups in total. The Morgan fingerprint density at radius 1 is 1.36 bits per heavy atom. The van der Waals surface area contributed by atoms with E-state index < -0.39 is 0 Å². The highest BCUT2D eigenvalue weighted by Crippen LogP contribution is 2.39. The highest BCUT2D eigenvalue weighted by Gasteiger charge is 2.17. The number of halogens is 1. The lowest BCUT2D eigenvalue weighted by molar-refractivity contribution is 0.174. The molecular formula is C10H11ClO3. The third kappa shape index (κ3) is 1.79. The Morgan fingerprint density at radius 3 is 3.00 bits per heavy atom. The molecule has 1 heterocycles. The average molecular weight is 215 g/mol. The lowest BCUT2D eigenvalue weighted by atomic mass is 10.1. The standard InChI is InChI=1S/C10H11ClO3/c11-8-4-7(2-1-3-12)5-9-10(8)14-6-13-9/h4-5,12H,1-3,6H2. The molecule has 0 aliphatic carbocycles. The van der Waals surface area contributed by atoms with Crippen molar-refractivity contribution in [3.05, 3.63) is 22.7 Å². The summed E-state index contributed by atoms with van der Waals surface area (Å²) in [4.78, 5) is 0. The Hall–Kier alpha value is -0.930. The second-order valence-electron chi connectivity index (χ2n) is 3.14. The highest BCUT2D eigenvalue weighted by atomic mass is 35.5. The van der Waals surface area contributed by atoms with Gasteiger partial charge in [-0.05, 0) is 30.5 Å². The van der Waals surface area contributed by atoms with E-state index in [0.717, 1.165) is 18.4 Å². The van der Waals surface area contributed by atoms with Gasteiger partial charge in [-0.25, -0.2) is 0 Å². The van der Waals surface area contributed by atoms with E-state index in [4.69, 9.17) is 26.2 Å². The summed E-state index contributed by atoms with van der Waals surface area (Å²) in [5.41, 5.74) is 1.06. The summed E-state index contributed by atoms with van der Waals surface area (Å²) in [5, 5.41) is 9.28. The monoisotopic (exact) mass is 214 g/mol. The minimum Gasteiger partial charge on any atom is -0.454 e. The maximum atomic E-state index is 8.70. The van der Waals surface area contributed by atoms with Crippen LogP contribution in [0.2, 0.25) is 5.02 Å². The van der Waals surface area contributed by atoms with Crippen LogP contribution in [0.25, 0.3) is 0 Å². The van der Waals surface area contributed by atoms with Gasteiger partial charge in [-0.3, -0.25) is 0 Å². The van der Waals surface area contributed by atoms with E-state index in [9.17, 15) is 0 Å². The van der Waals surface area contributed by atoms with Gasteiger partial charge in [0.25, 0.3) is 0 Å². The second kappa shape index (κ2) is 4.07. The van der Waals surface area contributed by atoms with Crippen LogP contribution in [0.5, 0.6) is 11.5 Å². The SMILES string of the molecule is OCCCc1cc(Cl)c2c(c1)OCO2. The van der Waals surface area contributed by atoms with Crippen molar-refractivity contribution >= 4 is 11.6 Å².